The lowest BCUT2D eigenvalue weighted by Gasteiger charge is -2.11. The molecule has 1 aliphatic heterocycles. The molecule has 0 radical (unpaired) electrons. The number of amides is 2. The molecular formula is C20H19N3O4S. The van der Waals surface area contributed by atoms with Crippen LogP contribution in [0.4, 0.5) is 4.79 Å². The van der Waals surface area contributed by atoms with Crippen molar-refractivity contribution < 1.29 is 19.4 Å². The van der Waals surface area contributed by atoms with Crippen molar-refractivity contribution in [2.75, 3.05) is 6.61 Å². The summed E-state index contributed by atoms with van der Waals surface area (Å²) in [5.74, 6) is 1.10. The van der Waals surface area contributed by atoms with Gasteiger partial charge in [-0.3, -0.25) is 14.9 Å². The van der Waals surface area contributed by atoms with E-state index in [0.29, 0.717) is 25.4 Å². The highest BCUT2D eigenvalue weighted by atomic mass is 32.2. The number of aromatic nitrogens is 2. The molecule has 1 aliphatic rings. The van der Waals surface area contributed by atoms with Gasteiger partial charge >= 0.3 is 0 Å². The summed E-state index contributed by atoms with van der Waals surface area (Å²) in [4.78, 5) is 27.3. The second-order valence-corrected chi connectivity index (χ2v) is 7.58. The van der Waals surface area contributed by atoms with E-state index in [0.717, 1.165) is 34.1 Å². The average Bonchev–Trinajstić information content (AvgIpc) is 3.22. The average molecular weight is 397 g/mol. The third-order valence-corrected chi connectivity index (χ3v) is 5.55. The standard InChI is InChI=1S/C20H19N3O4S/c24-12-18-21-15-3-1-2-4-16(15)23(18)9-10-27-14-7-5-13(6-8-14)11-17-19(25)22-20(26)28-17/h1-8,17,24H,9-12H2,(H,22,25,26). The van der Waals surface area contributed by atoms with Gasteiger partial charge in [-0.1, -0.05) is 36.0 Å². The van der Waals surface area contributed by atoms with Gasteiger partial charge in [0.1, 0.15) is 24.8 Å². The van der Waals surface area contributed by atoms with Crippen molar-refractivity contribution in [1.82, 2.24) is 14.9 Å². The van der Waals surface area contributed by atoms with Crippen LogP contribution >= 0.6 is 11.8 Å². The summed E-state index contributed by atoms with van der Waals surface area (Å²) in [6, 6.07) is 15.3. The molecule has 1 aromatic heterocycles. The van der Waals surface area contributed by atoms with E-state index in [1.54, 1.807) is 0 Å². The number of aliphatic hydroxyl groups excluding tert-OH is 1. The largest absolute Gasteiger partial charge is 0.492 e. The summed E-state index contributed by atoms with van der Waals surface area (Å²) in [6.45, 7) is 0.875. The zero-order valence-corrected chi connectivity index (χ0v) is 15.8. The minimum absolute atomic E-state index is 0.126. The van der Waals surface area contributed by atoms with Crippen LogP contribution < -0.4 is 10.1 Å². The Balaban J connectivity index is 1.36. The van der Waals surface area contributed by atoms with E-state index in [9.17, 15) is 14.7 Å². The minimum Gasteiger partial charge on any atom is -0.492 e. The molecule has 7 nitrogen and oxygen atoms in total. The van der Waals surface area contributed by atoms with Crippen LogP contribution in [0.2, 0.25) is 0 Å². The van der Waals surface area contributed by atoms with Crippen molar-refractivity contribution in [3.63, 3.8) is 0 Å². The van der Waals surface area contributed by atoms with Gasteiger partial charge in [0.05, 0.1) is 22.8 Å². The summed E-state index contributed by atoms with van der Waals surface area (Å²) in [7, 11) is 0. The number of para-hydroxylation sites is 2. The molecule has 1 saturated heterocycles. The fraction of sp³-hybridized carbons (Fsp3) is 0.250. The van der Waals surface area contributed by atoms with Crippen molar-refractivity contribution >= 4 is 33.9 Å². The second-order valence-electron chi connectivity index (χ2n) is 6.41. The Morgan fingerprint density at radius 1 is 1.14 bits per heavy atom. The first-order chi connectivity index (χ1) is 13.6. The number of carbonyl (C=O) groups is 2. The smallest absolute Gasteiger partial charge is 0.286 e. The third-order valence-electron chi connectivity index (χ3n) is 4.57. The maximum Gasteiger partial charge on any atom is 0.286 e. The number of benzene rings is 2. The van der Waals surface area contributed by atoms with Gasteiger partial charge in [0.25, 0.3) is 5.24 Å². The Bertz CT molecular complexity index is 1020. The highest BCUT2D eigenvalue weighted by molar-refractivity contribution is 8.15. The Morgan fingerprint density at radius 2 is 1.93 bits per heavy atom. The van der Waals surface area contributed by atoms with E-state index in [-0.39, 0.29) is 23.0 Å². The molecule has 8 heteroatoms. The molecule has 28 heavy (non-hydrogen) atoms. The lowest BCUT2D eigenvalue weighted by atomic mass is 10.1. The normalized spacial score (nSPS) is 16.5. The zero-order chi connectivity index (χ0) is 19.5. The lowest BCUT2D eigenvalue weighted by molar-refractivity contribution is -0.118. The number of imide groups is 1. The fourth-order valence-electron chi connectivity index (χ4n) is 3.21. The van der Waals surface area contributed by atoms with Crippen molar-refractivity contribution in [3.8, 4) is 5.75 Å². The van der Waals surface area contributed by atoms with Crippen molar-refractivity contribution in [3.05, 3.63) is 59.9 Å². The number of nitrogens with zero attached hydrogens (tertiary/aromatic N) is 2. The molecular weight excluding hydrogens is 378 g/mol. The summed E-state index contributed by atoms with van der Waals surface area (Å²) in [5, 5.41) is 11.2. The van der Waals surface area contributed by atoms with Gasteiger partial charge in [-0.2, -0.15) is 0 Å². The van der Waals surface area contributed by atoms with Crippen molar-refractivity contribution in [2.24, 2.45) is 0 Å². The van der Waals surface area contributed by atoms with Gasteiger partial charge in [0.15, 0.2) is 0 Å². The maximum atomic E-state index is 11.7. The quantitative estimate of drug-likeness (QED) is 0.636. The number of fused-ring (bicyclic) bond motifs is 1. The van der Waals surface area contributed by atoms with E-state index in [2.05, 4.69) is 10.3 Å². The molecule has 2 heterocycles. The number of nitrogens with one attached hydrogen (secondary N) is 1. The second kappa shape index (κ2) is 8.04. The Labute approximate surface area is 165 Å². The van der Waals surface area contributed by atoms with E-state index >= 15 is 0 Å². The molecule has 0 bridgehead atoms. The van der Waals surface area contributed by atoms with Gasteiger partial charge < -0.3 is 14.4 Å². The summed E-state index contributed by atoms with van der Waals surface area (Å²) < 4.78 is 7.78. The summed E-state index contributed by atoms with van der Waals surface area (Å²) >= 11 is 1.03. The maximum absolute atomic E-state index is 11.7. The number of carbonyl (C=O) groups excluding carboxylic acids is 2. The lowest BCUT2D eigenvalue weighted by Crippen LogP contribution is -2.25. The number of hydrogen-bond donors (Lipinski definition) is 2. The molecule has 1 fully saturated rings. The molecule has 3 aromatic rings. The molecule has 0 spiro atoms. The molecule has 144 valence electrons. The summed E-state index contributed by atoms with van der Waals surface area (Å²) in [6.07, 6.45) is 0.503. The first-order valence-corrected chi connectivity index (χ1v) is 9.80. The predicted octanol–water partition coefficient (Wildman–Crippen LogP) is 2.50. The van der Waals surface area contributed by atoms with Crippen LogP contribution in [0.25, 0.3) is 11.0 Å². The SMILES string of the molecule is O=C1NC(=O)C(Cc2ccc(OCCn3c(CO)nc4ccccc43)cc2)S1. The predicted molar refractivity (Wildman–Crippen MR) is 106 cm³/mol. The van der Waals surface area contributed by atoms with E-state index in [4.69, 9.17) is 4.74 Å². The molecule has 0 aliphatic carbocycles. The van der Waals surface area contributed by atoms with Gasteiger partial charge in [0, 0.05) is 0 Å². The van der Waals surface area contributed by atoms with Gasteiger partial charge in [-0.05, 0) is 36.2 Å². The molecule has 2 amide bonds. The van der Waals surface area contributed by atoms with E-state index in [1.165, 1.54) is 0 Å². The van der Waals surface area contributed by atoms with E-state index < -0.39 is 0 Å². The number of rotatable bonds is 7. The van der Waals surface area contributed by atoms with Gasteiger partial charge in [-0.15, -0.1) is 0 Å². The van der Waals surface area contributed by atoms with Crippen LogP contribution in [0.5, 0.6) is 5.75 Å². The zero-order valence-electron chi connectivity index (χ0n) is 15.0. The Kier molecular flexibility index (Phi) is 5.31. The van der Waals surface area contributed by atoms with Crippen molar-refractivity contribution in [1.29, 1.82) is 0 Å². The summed E-state index contributed by atoms with van der Waals surface area (Å²) in [5.41, 5.74) is 2.79. The van der Waals surface area contributed by atoms with Crippen LogP contribution in [0, 0.1) is 0 Å². The number of ether oxygens (including phenoxy) is 1. The van der Waals surface area contributed by atoms with Crippen LogP contribution in [-0.4, -0.2) is 37.7 Å². The topological polar surface area (TPSA) is 93.5 Å². The Hall–Kier alpha value is -2.84. The highest BCUT2D eigenvalue weighted by Crippen LogP contribution is 2.24. The van der Waals surface area contributed by atoms with Gasteiger partial charge in [-0.25, -0.2) is 4.98 Å². The van der Waals surface area contributed by atoms with Crippen molar-refractivity contribution in [2.45, 2.75) is 24.8 Å². The number of hydrogen-bond acceptors (Lipinski definition) is 6. The molecule has 2 aromatic carbocycles. The molecule has 0 saturated carbocycles. The van der Waals surface area contributed by atoms with Gasteiger partial charge in [0.2, 0.25) is 5.91 Å². The highest BCUT2D eigenvalue weighted by Gasteiger charge is 2.31. The van der Waals surface area contributed by atoms with Crippen LogP contribution in [0.3, 0.4) is 0 Å². The molecule has 1 atom stereocenters. The first kappa shape index (κ1) is 18.5. The molecule has 4 rings (SSSR count). The van der Waals surface area contributed by atoms with E-state index in [1.807, 2.05) is 53.1 Å². The molecule has 2 N–H and O–H groups in total. The molecule has 1 unspecified atom stereocenters. The third kappa shape index (κ3) is 3.88. The Morgan fingerprint density at radius 3 is 2.64 bits per heavy atom. The number of aliphatic hydroxyl groups is 1. The first-order valence-electron chi connectivity index (χ1n) is 8.92. The minimum atomic E-state index is -0.370. The fourth-order valence-corrected chi connectivity index (χ4v) is 4.07. The van der Waals surface area contributed by atoms with Crippen LogP contribution in [0.15, 0.2) is 48.5 Å². The van der Waals surface area contributed by atoms with Crippen LogP contribution in [0.1, 0.15) is 11.4 Å². The number of thioether (sulfide) groups is 1. The monoisotopic (exact) mass is 397 g/mol. The van der Waals surface area contributed by atoms with Crippen LogP contribution in [-0.2, 0) is 24.4 Å². The number of imidazole rings is 1.